The molecule has 1 N–H and O–H groups in total. The Bertz CT molecular complexity index is 1120. The molecule has 1 heterocycles. The summed E-state index contributed by atoms with van der Waals surface area (Å²) in [6.45, 7) is 4.67. The quantitative estimate of drug-likeness (QED) is 0.581. The van der Waals surface area contributed by atoms with Gasteiger partial charge >= 0.3 is 0 Å². The zero-order valence-corrected chi connectivity index (χ0v) is 18.4. The third-order valence-electron chi connectivity index (χ3n) is 4.56. The average molecular weight is 448 g/mol. The number of aromatic nitrogens is 1. The van der Waals surface area contributed by atoms with Crippen LogP contribution in [-0.2, 0) is 21.2 Å². The third kappa shape index (κ3) is 4.66. The summed E-state index contributed by atoms with van der Waals surface area (Å²) in [6.07, 6.45) is 0.813. The minimum absolute atomic E-state index is 0.0404. The van der Waals surface area contributed by atoms with Gasteiger partial charge in [-0.05, 0) is 62.2 Å². The highest BCUT2D eigenvalue weighted by Gasteiger charge is 2.32. The molecule has 1 amide bonds. The number of carbonyl (C=O) groups is 1. The molecule has 7 nitrogen and oxygen atoms in total. The van der Waals surface area contributed by atoms with Gasteiger partial charge in [0, 0.05) is 10.7 Å². The van der Waals surface area contributed by atoms with Gasteiger partial charge in [0.1, 0.15) is 12.2 Å². The topological polar surface area (TPSA) is 92.5 Å². The standard InChI is InChI=1S/C21H22ClN3O4S/c1-4-16-5-11-19(12-6-16)25(30(27,28)21-14(2)24-29-15(21)3)13-20(26)23-18-9-7-17(22)8-10-18/h5-12H,4,13H2,1-3H3,(H,23,26). The lowest BCUT2D eigenvalue weighted by atomic mass is 10.1. The van der Waals surface area contributed by atoms with E-state index < -0.39 is 22.5 Å². The number of sulfonamides is 1. The number of amides is 1. The molecule has 0 radical (unpaired) electrons. The maximum absolute atomic E-state index is 13.5. The normalized spacial score (nSPS) is 11.3. The van der Waals surface area contributed by atoms with Crippen molar-refractivity contribution in [2.75, 3.05) is 16.2 Å². The van der Waals surface area contributed by atoms with E-state index >= 15 is 0 Å². The van der Waals surface area contributed by atoms with Gasteiger partial charge in [0.15, 0.2) is 10.7 Å². The highest BCUT2D eigenvalue weighted by atomic mass is 35.5. The predicted octanol–water partition coefficient (Wildman–Crippen LogP) is 4.34. The van der Waals surface area contributed by atoms with Gasteiger partial charge in [0.05, 0.1) is 5.69 Å². The Hall–Kier alpha value is -2.84. The zero-order valence-electron chi connectivity index (χ0n) is 16.8. The van der Waals surface area contributed by atoms with E-state index in [-0.39, 0.29) is 16.3 Å². The number of nitrogens with one attached hydrogen (secondary N) is 1. The molecular formula is C21H22ClN3O4S. The maximum atomic E-state index is 13.5. The van der Waals surface area contributed by atoms with Crippen LogP contribution < -0.4 is 9.62 Å². The van der Waals surface area contributed by atoms with Gasteiger partial charge < -0.3 is 9.84 Å². The fourth-order valence-corrected chi connectivity index (χ4v) is 4.87. The summed E-state index contributed by atoms with van der Waals surface area (Å²) in [6, 6.07) is 13.6. The molecule has 0 atom stereocenters. The molecule has 0 bridgehead atoms. The summed E-state index contributed by atoms with van der Waals surface area (Å²) in [5, 5.41) is 6.98. The zero-order chi connectivity index (χ0) is 21.9. The van der Waals surface area contributed by atoms with Gasteiger partial charge in [-0.3, -0.25) is 9.10 Å². The van der Waals surface area contributed by atoms with E-state index in [1.54, 1.807) is 43.3 Å². The van der Waals surface area contributed by atoms with Gasteiger partial charge in [-0.15, -0.1) is 0 Å². The van der Waals surface area contributed by atoms with Gasteiger partial charge in [-0.2, -0.15) is 0 Å². The fourth-order valence-electron chi connectivity index (χ4n) is 3.03. The van der Waals surface area contributed by atoms with Crippen LogP contribution in [0.4, 0.5) is 11.4 Å². The van der Waals surface area contributed by atoms with Gasteiger partial charge in [0.25, 0.3) is 10.0 Å². The first-order chi connectivity index (χ1) is 14.2. The average Bonchev–Trinajstić information content (AvgIpc) is 3.07. The summed E-state index contributed by atoms with van der Waals surface area (Å²) < 4.78 is 33.0. The molecule has 9 heteroatoms. The Kier molecular flexibility index (Phi) is 6.48. The molecule has 0 saturated heterocycles. The number of hydrogen-bond donors (Lipinski definition) is 1. The molecule has 0 aliphatic rings. The Morgan fingerprint density at radius 1 is 1.10 bits per heavy atom. The van der Waals surface area contributed by atoms with Crippen LogP contribution in [0.15, 0.2) is 57.9 Å². The molecule has 0 spiro atoms. The lowest BCUT2D eigenvalue weighted by molar-refractivity contribution is -0.114. The predicted molar refractivity (Wildman–Crippen MR) is 116 cm³/mol. The molecule has 158 valence electrons. The number of hydrogen-bond acceptors (Lipinski definition) is 5. The molecule has 0 saturated carbocycles. The Balaban J connectivity index is 1.96. The number of rotatable bonds is 7. The molecule has 0 unspecified atom stereocenters. The highest BCUT2D eigenvalue weighted by molar-refractivity contribution is 7.93. The summed E-state index contributed by atoms with van der Waals surface area (Å²) >= 11 is 5.87. The summed E-state index contributed by atoms with van der Waals surface area (Å²) in [5.41, 5.74) is 2.18. The van der Waals surface area contributed by atoms with Crippen LogP contribution in [0.3, 0.4) is 0 Å². The fraction of sp³-hybridized carbons (Fsp3) is 0.238. The second-order valence-corrected chi connectivity index (χ2v) is 8.98. The van der Waals surface area contributed by atoms with Gasteiger partial charge in [0.2, 0.25) is 5.91 Å². The molecule has 30 heavy (non-hydrogen) atoms. The van der Waals surface area contributed by atoms with Crippen LogP contribution in [-0.4, -0.2) is 26.0 Å². The van der Waals surface area contributed by atoms with Crippen molar-refractivity contribution < 1.29 is 17.7 Å². The molecule has 0 fully saturated rings. The lowest BCUT2D eigenvalue weighted by Gasteiger charge is -2.24. The van der Waals surface area contributed by atoms with Crippen molar-refractivity contribution in [2.24, 2.45) is 0 Å². The second kappa shape index (κ2) is 8.89. The van der Waals surface area contributed by atoms with Crippen LogP contribution in [0, 0.1) is 13.8 Å². The Morgan fingerprint density at radius 3 is 2.27 bits per heavy atom. The lowest BCUT2D eigenvalue weighted by Crippen LogP contribution is -2.38. The summed E-state index contributed by atoms with van der Waals surface area (Å²) in [4.78, 5) is 12.7. The molecule has 3 aromatic rings. The third-order valence-corrected chi connectivity index (χ3v) is 6.83. The minimum atomic E-state index is -4.09. The Labute approximate surface area is 180 Å². The molecule has 2 aromatic carbocycles. The van der Waals surface area contributed by atoms with Crippen molar-refractivity contribution >= 4 is 38.9 Å². The molecule has 3 rings (SSSR count). The van der Waals surface area contributed by atoms with E-state index in [2.05, 4.69) is 10.5 Å². The second-order valence-electron chi connectivity index (χ2n) is 6.74. The highest BCUT2D eigenvalue weighted by Crippen LogP contribution is 2.28. The molecular weight excluding hydrogens is 426 g/mol. The van der Waals surface area contributed by atoms with Crippen molar-refractivity contribution in [1.29, 1.82) is 0 Å². The van der Waals surface area contributed by atoms with E-state index in [1.807, 2.05) is 19.1 Å². The molecule has 1 aromatic heterocycles. The van der Waals surface area contributed by atoms with Crippen LogP contribution in [0.2, 0.25) is 5.02 Å². The first-order valence-corrected chi connectivity index (χ1v) is 11.1. The van der Waals surface area contributed by atoms with Gasteiger partial charge in [-0.25, -0.2) is 8.42 Å². The maximum Gasteiger partial charge on any atom is 0.270 e. The van der Waals surface area contributed by atoms with E-state index in [0.29, 0.717) is 16.4 Å². The Morgan fingerprint density at radius 2 is 1.73 bits per heavy atom. The van der Waals surface area contributed by atoms with Crippen molar-refractivity contribution in [1.82, 2.24) is 5.16 Å². The van der Waals surface area contributed by atoms with Crippen molar-refractivity contribution in [2.45, 2.75) is 32.1 Å². The number of carbonyl (C=O) groups excluding carboxylic acids is 1. The van der Waals surface area contributed by atoms with Gasteiger partial charge in [-0.1, -0.05) is 35.8 Å². The number of benzene rings is 2. The van der Waals surface area contributed by atoms with E-state index in [4.69, 9.17) is 16.1 Å². The molecule has 0 aliphatic heterocycles. The number of nitrogens with zero attached hydrogens (tertiary/aromatic N) is 2. The van der Waals surface area contributed by atoms with Crippen LogP contribution >= 0.6 is 11.6 Å². The first kappa shape index (κ1) is 21.9. The SMILES string of the molecule is CCc1ccc(N(CC(=O)Nc2ccc(Cl)cc2)S(=O)(=O)c2c(C)noc2C)cc1. The smallest absolute Gasteiger partial charge is 0.270 e. The number of halogens is 1. The van der Waals surface area contributed by atoms with E-state index in [0.717, 1.165) is 16.3 Å². The van der Waals surface area contributed by atoms with Crippen molar-refractivity contribution in [3.63, 3.8) is 0 Å². The van der Waals surface area contributed by atoms with Crippen molar-refractivity contribution in [3.05, 3.63) is 70.6 Å². The summed E-state index contributed by atoms with van der Waals surface area (Å²) in [7, 11) is -4.09. The largest absolute Gasteiger partial charge is 0.360 e. The number of anilines is 2. The monoisotopic (exact) mass is 447 g/mol. The van der Waals surface area contributed by atoms with Crippen LogP contribution in [0.25, 0.3) is 0 Å². The van der Waals surface area contributed by atoms with Crippen molar-refractivity contribution in [3.8, 4) is 0 Å². The summed E-state index contributed by atoms with van der Waals surface area (Å²) in [5.74, 6) is -0.326. The minimum Gasteiger partial charge on any atom is -0.360 e. The van der Waals surface area contributed by atoms with Crippen LogP contribution in [0.1, 0.15) is 23.9 Å². The van der Waals surface area contributed by atoms with Crippen LogP contribution in [0.5, 0.6) is 0 Å². The van der Waals surface area contributed by atoms with E-state index in [1.165, 1.54) is 6.92 Å². The first-order valence-electron chi connectivity index (χ1n) is 9.32. The van der Waals surface area contributed by atoms with E-state index in [9.17, 15) is 13.2 Å². The molecule has 0 aliphatic carbocycles. The number of aryl methyl sites for hydroxylation is 3.